The first-order valence-corrected chi connectivity index (χ1v) is 8.17. The van der Waals surface area contributed by atoms with E-state index < -0.39 is 0 Å². The molecule has 100 valence electrons. The van der Waals surface area contributed by atoms with Crippen molar-refractivity contribution in [1.82, 2.24) is 10.2 Å². The van der Waals surface area contributed by atoms with Gasteiger partial charge in [-0.05, 0) is 63.1 Å². The fourth-order valence-electron chi connectivity index (χ4n) is 3.72. The molecule has 1 fully saturated rings. The molecular weight excluding hydrogens is 240 g/mol. The highest BCUT2D eigenvalue weighted by Crippen LogP contribution is 2.37. The molecule has 0 spiro atoms. The Bertz CT molecular complexity index is 393. The number of hydrogen-bond acceptors (Lipinski definition) is 3. The van der Waals surface area contributed by atoms with E-state index in [1.54, 1.807) is 10.4 Å². The third-order valence-electron chi connectivity index (χ3n) is 4.90. The van der Waals surface area contributed by atoms with E-state index in [4.69, 9.17) is 0 Å². The van der Waals surface area contributed by atoms with Crippen molar-refractivity contribution in [3.63, 3.8) is 0 Å². The number of rotatable bonds is 2. The van der Waals surface area contributed by atoms with Crippen molar-refractivity contribution < 1.29 is 0 Å². The van der Waals surface area contributed by atoms with Gasteiger partial charge in [0.25, 0.3) is 0 Å². The van der Waals surface area contributed by atoms with E-state index in [9.17, 15) is 0 Å². The van der Waals surface area contributed by atoms with Crippen LogP contribution in [0.4, 0.5) is 0 Å². The second kappa shape index (κ2) is 5.32. The topological polar surface area (TPSA) is 15.3 Å². The van der Waals surface area contributed by atoms with Crippen molar-refractivity contribution in [2.45, 2.75) is 57.2 Å². The second-order valence-electron chi connectivity index (χ2n) is 5.76. The molecule has 1 atom stereocenters. The molecule has 2 heterocycles. The lowest BCUT2D eigenvalue weighted by molar-refractivity contribution is 0.0979. The van der Waals surface area contributed by atoms with Crippen molar-refractivity contribution >= 4 is 11.3 Å². The zero-order chi connectivity index (χ0) is 12.5. The highest BCUT2D eigenvalue weighted by molar-refractivity contribution is 7.10. The van der Waals surface area contributed by atoms with Gasteiger partial charge in [-0.2, -0.15) is 0 Å². The molecule has 2 nitrogen and oxygen atoms in total. The maximum absolute atomic E-state index is 3.43. The Hall–Kier alpha value is -0.380. The molecular formula is C15H24N2S. The highest BCUT2D eigenvalue weighted by atomic mass is 32.1. The van der Waals surface area contributed by atoms with Crippen LogP contribution in [0.1, 0.15) is 49.1 Å². The van der Waals surface area contributed by atoms with E-state index >= 15 is 0 Å². The Kier molecular flexibility index (Phi) is 3.73. The van der Waals surface area contributed by atoms with Gasteiger partial charge >= 0.3 is 0 Å². The zero-order valence-electron chi connectivity index (χ0n) is 11.5. The predicted octanol–water partition coefficient (Wildman–Crippen LogP) is 3.20. The normalized spacial score (nSPS) is 33.3. The average Bonchev–Trinajstić information content (AvgIpc) is 2.89. The summed E-state index contributed by atoms with van der Waals surface area (Å²) in [5, 5.41) is 5.70. The molecule has 3 heteroatoms. The number of thiophene rings is 1. The van der Waals surface area contributed by atoms with Gasteiger partial charge in [0.15, 0.2) is 0 Å². The molecule has 0 radical (unpaired) electrons. The molecule has 1 aliphatic carbocycles. The van der Waals surface area contributed by atoms with Gasteiger partial charge in [-0.25, -0.2) is 0 Å². The van der Waals surface area contributed by atoms with Gasteiger partial charge in [0.05, 0.1) is 0 Å². The summed E-state index contributed by atoms with van der Waals surface area (Å²) in [6.07, 6.45) is 6.70. The van der Waals surface area contributed by atoms with Crippen LogP contribution >= 0.6 is 11.3 Å². The SMILES string of the molecule is CNC1CCC(N2CCc3sccc3C2C)CC1. The summed E-state index contributed by atoms with van der Waals surface area (Å²) in [5.74, 6) is 0. The fraction of sp³-hybridized carbons (Fsp3) is 0.733. The van der Waals surface area contributed by atoms with Gasteiger partial charge in [0, 0.05) is 29.5 Å². The van der Waals surface area contributed by atoms with Gasteiger partial charge < -0.3 is 5.32 Å². The quantitative estimate of drug-likeness (QED) is 0.882. The van der Waals surface area contributed by atoms with Crippen molar-refractivity contribution in [2.75, 3.05) is 13.6 Å². The first kappa shape index (κ1) is 12.6. The molecule has 0 amide bonds. The van der Waals surface area contributed by atoms with Gasteiger partial charge in [-0.1, -0.05) is 0 Å². The Morgan fingerprint density at radius 1 is 1.28 bits per heavy atom. The first-order valence-electron chi connectivity index (χ1n) is 7.29. The van der Waals surface area contributed by atoms with Crippen molar-refractivity contribution in [1.29, 1.82) is 0 Å². The largest absolute Gasteiger partial charge is 0.317 e. The van der Waals surface area contributed by atoms with Crippen LogP contribution in [0.3, 0.4) is 0 Å². The van der Waals surface area contributed by atoms with Gasteiger partial charge in [0.1, 0.15) is 0 Å². The molecule has 18 heavy (non-hydrogen) atoms. The zero-order valence-corrected chi connectivity index (χ0v) is 12.3. The number of hydrogen-bond donors (Lipinski definition) is 1. The minimum Gasteiger partial charge on any atom is -0.317 e. The van der Waals surface area contributed by atoms with Gasteiger partial charge in [0.2, 0.25) is 0 Å². The summed E-state index contributed by atoms with van der Waals surface area (Å²) in [6, 6.07) is 4.56. The number of fused-ring (bicyclic) bond motifs is 1. The molecule has 0 bridgehead atoms. The van der Waals surface area contributed by atoms with E-state index in [0.29, 0.717) is 6.04 Å². The van der Waals surface area contributed by atoms with Crippen LogP contribution in [0.2, 0.25) is 0 Å². The Morgan fingerprint density at radius 3 is 2.78 bits per heavy atom. The van der Waals surface area contributed by atoms with E-state index in [-0.39, 0.29) is 0 Å². The van der Waals surface area contributed by atoms with Gasteiger partial charge in [-0.15, -0.1) is 11.3 Å². The lowest BCUT2D eigenvalue weighted by Crippen LogP contribution is -2.45. The monoisotopic (exact) mass is 264 g/mol. The highest BCUT2D eigenvalue weighted by Gasteiger charge is 2.32. The molecule has 1 N–H and O–H groups in total. The van der Waals surface area contributed by atoms with Crippen molar-refractivity contribution in [2.24, 2.45) is 0 Å². The standard InChI is InChI=1S/C15H24N2S/c1-11-14-8-10-18-15(14)7-9-17(11)13-5-3-12(16-2)4-6-13/h8,10-13,16H,3-7,9H2,1-2H3. The maximum atomic E-state index is 3.43. The fourth-order valence-corrected chi connectivity index (χ4v) is 4.69. The Balaban J connectivity index is 1.68. The van der Waals surface area contributed by atoms with E-state index in [1.807, 2.05) is 11.3 Å². The molecule has 3 rings (SSSR count). The van der Waals surface area contributed by atoms with E-state index in [2.05, 4.69) is 35.6 Å². The molecule has 0 saturated heterocycles. The average molecular weight is 264 g/mol. The molecule has 0 aromatic carbocycles. The van der Waals surface area contributed by atoms with Crippen LogP contribution in [0.25, 0.3) is 0 Å². The van der Waals surface area contributed by atoms with Crippen LogP contribution in [0, 0.1) is 0 Å². The smallest absolute Gasteiger partial charge is 0.0333 e. The minimum atomic E-state index is 0.635. The molecule has 1 unspecified atom stereocenters. The van der Waals surface area contributed by atoms with E-state index in [0.717, 1.165) is 12.1 Å². The lowest BCUT2D eigenvalue weighted by atomic mass is 9.87. The first-order chi connectivity index (χ1) is 8.79. The number of nitrogens with zero attached hydrogens (tertiary/aromatic N) is 1. The molecule has 1 aromatic rings. The summed E-state index contributed by atoms with van der Waals surface area (Å²) in [5.41, 5.74) is 1.60. The minimum absolute atomic E-state index is 0.635. The van der Waals surface area contributed by atoms with Gasteiger partial charge in [-0.3, -0.25) is 4.90 Å². The summed E-state index contributed by atoms with van der Waals surface area (Å²) >= 11 is 1.95. The van der Waals surface area contributed by atoms with Crippen molar-refractivity contribution in [3.8, 4) is 0 Å². The number of nitrogens with one attached hydrogen (secondary N) is 1. The summed E-state index contributed by atoms with van der Waals surface area (Å²) < 4.78 is 0. The predicted molar refractivity (Wildman–Crippen MR) is 78.2 cm³/mol. The lowest BCUT2D eigenvalue weighted by Gasteiger charge is -2.42. The molecule has 1 aromatic heterocycles. The second-order valence-corrected chi connectivity index (χ2v) is 6.76. The summed E-state index contributed by atoms with van der Waals surface area (Å²) in [6.45, 7) is 3.67. The molecule has 2 aliphatic rings. The van der Waals surface area contributed by atoms with E-state index in [1.165, 1.54) is 38.6 Å². The molecule has 1 aliphatic heterocycles. The van der Waals surface area contributed by atoms with Crippen LogP contribution in [-0.4, -0.2) is 30.6 Å². The Morgan fingerprint density at radius 2 is 2.06 bits per heavy atom. The summed E-state index contributed by atoms with van der Waals surface area (Å²) in [7, 11) is 2.10. The van der Waals surface area contributed by atoms with Crippen LogP contribution in [0.15, 0.2) is 11.4 Å². The summed E-state index contributed by atoms with van der Waals surface area (Å²) in [4.78, 5) is 4.39. The van der Waals surface area contributed by atoms with Crippen LogP contribution < -0.4 is 5.32 Å². The third-order valence-corrected chi connectivity index (χ3v) is 5.89. The molecule has 1 saturated carbocycles. The Labute approximate surface area is 114 Å². The third kappa shape index (κ3) is 2.24. The van der Waals surface area contributed by atoms with Crippen molar-refractivity contribution in [3.05, 3.63) is 21.9 Å². The van der Waals surface area contributed by atoms with Crippen LogP contribution in [0.5, 0.6) is 0 Å². The van der Waals surface area contributed by atoms with Crippen LogP contribution in [-0.2, 0) is 6.42 Å². The maximum Gasteiger partial charge on any atom is 0.0333 e.